The van der Waals surface area contributed by atoms with E-state index < -0.39 is 42.4 Å². The van der Waals surface area contributed by atoms with Crippen LogP contribution in [0.25, 0.3) is 0 Å². The average molecular weight is 448 g/mol. The summed E-state index contributed by atoms with van der Waals surface area (Å²) < 4.78 is 153. The van der Waals surface area contributed by atoms with Gasteiger partial charge in [-0.1, -0.05) is 12.1 Å². The molecule has 0 saturated heterocycles. The Kier molecular flexibility index (Phi) is 7.09. The summed E-state index contributed by atoms with van der Waals surface area (Å²) >= 11 is 0. The zero-order chi connectivity index (χ0) is 22.9. The zero-order valence-corrected chi connectivity index (χ0v) is 14.8. The number of rotatable bonds is 9. The lowest BCUT2D eigenvalue weighted by atomic mass is 9.92. The van der Waals surface area contributed by atoms with E-state index in [2.05, 4.69) is 4.74 Å². The average Bonchev–Trinajstić information content (AvgIpc) is 2.59. The number of alkyl halides is 11. The summed E-state index contributed by atoms with van der Waals surface area (Å²) in [4.78, 5) is 0. The normalized spacial score (nSPS) is 15.3. The number of ether oxygens (including phenoxy) is 2. The Hall–Kier alpha value is -1.79. The second-order valence-corrected chi connectivity index (χ2v) is 5.86. The van der Waals surface area contributed by atoms with Gasteiger partial charge in [-0.05, 0) is 24.6 Å². The number of hydrogen-bond donors (Lipinski definition) is 0. The summed E-state index contributed by atoms with van der Waals surface area (Å²) in [6.45, 7) is 1.84. The Labute approximate surface area is 157 Å². The van der Waals surface area contributed by atoms with E-state index in [4.69, 9.17) is 4.74 Å². The van der Waals surface area contributed by atoms with Crippen LogP contribution >= 0.6 is 0 Å². The number of methoxy groups -OCH3 is 1. The summed E-state index contributed by atoms with van der Waals surface area (Å²) in [5, 5.41) is 0. The van der Waals surface area contributed by atoms with Crippen molar-refractivity contribution in [1.29, 1.82) is 0 Å². The minimum atomic E-state index is -7.43. The Morgan fingerprint density at radius 3 is 1.62 bits per heavy atom. The van der Waals surface area contributed by atoms with Gasteiger partial charge in [0.25, 0.3) is 0 Å². The molecule has 0 bridgehead atoms. The molecule has 1 unspecified atom stereocenters. The molecule has 1 atom stereocenters. The van der Waals surface area contributed by atoms with Crippen LogP contribution in [0.1, 0.15) is 25.0 Å². The highest BCUT2D eigenvalue weighted by Crippen LogP contribution is 2.58. The van der Waals surface area contributed by atoms with Crippen molar-refractivity contribution in [2.75, 3.05) is 13.7 Å². The summed E-state index contributed by atoms with van der Waals surface area (Å²) in [6, 6.07) is 4.51. The Morgan fingerprint density at radius 1 is 0.759 bits per heavy atom. The van der Waals surface area contributed by atoms with Gasteiger partial charge in [0.05, 0.1) is 12.7 Å². The molecule has 0 saturated carbocycles. The monoisotopic (exact) mass is 448 g/mol. The molecule has 0 aliphatic rings. The molecule has 1 aromatic carbocycles. The topological polar surface area (TPSA) is 18.5 Å². The fraction of sp³-hybridized carbons (Fsp3) is 0.625. The van der Waals surface area contributed by atoms with Gasteiger partial charge in [-0.2, -0.15) is 48.3 Å². The molecule has 1 aromatic rings. The van der Waals surface area contributed by atoms with Gasteiger partial charge < -0.3 is 9.47 Å². The lowest BCUT2D eigenvalue weighted by Crippen LogP contribution is -2.66. The number of benzene rings is 1. The maximum atomic E-state index is 13.9. The molecular weight excluding hydrogens is 433 g/mol. The van der Waals surface area contributed by atoms with Crippen molar-refractivity contribution in [3.63, 3.8) is 0 Å². The fourth-order valence-electron chi connectivity index (χ4n) is 2.25. The first-order valence-electron chi connectivity index (χ1n) is 7.79. The molecule has 0 spiro atoms. The summed E-state index contributed by atoms with van der Waals surface area (Å²) in [5.74, 6) is -27.7. The van der Waals surface area contributed by atoms with E-state index in [1.54, 1.807) is 6.92 Å². The minimum Gasteiger partial charge on any atom is -0.494 e. The molecule has 168 valence electrons. The van der Waals surface area contributed by atoms with Crippen molar-refractivity contribution in [1.82, 2.24) is 0 Å². The molecule has 1 rings (SSSR count). The molecule has 2 nitrogen and oxygen atoms in total. The Bertz CT molecular complexity index is 668. The maximum Gasteiger partial charge on any atom is 0.460 e. The van der Waals surface area contributed by atoms with Crippen molar-refractivity contribution in [2.45, 2.75) is 49.3 Å². The van der Waals surface area contributed by atoms with Gasteiger partial charge in [-0.25, -0.2) is 0 Å². The third kappa shape index (κ3) is 4.53. The molecule has 0 aliphatic heterocycles. The van der Waals surface area contributed by atoms with Crippen LogP contribution in [0.15, 0.2) is 24.3 Å². The predicted octanol–water partition coefficient (Wildman–Crippen LogP) is 6.27. The molecule has 0 radical (unpaired) electrons. The van der Waals surface area contributed by atoms with Crippen LogP contribution in [0.2, 0.25) is 0 Å². The van der Waals surface area contributed by atoms with E-state index in [0.29, 0.717) is 0 Å². The highest BCUT2D eigenvalue weighted by Gasteiger charge is 2.87. The molecule has 0 aliphatic carbocycles. The third-order valence-electron chi connectivity index (χ3n) is 3.89. The maximum absolute atomic E-state index is 13.9. The summed E-state index contributed by atoms with van der Waals surface area (Å²) in [6.07, 6.45) is -11.5. The van der Waals surface area contributed by atoms with Crippen LogP contribution in [-0.4, -0.2) is 43.6 Å². The quantitative estimate of drug-likeness (QED) is 0.415. The lowest BCUT2D eigenvalue weighted by molar-refractivity contribution is -0.423. The van der Waals surface area contributed by atoms with Gasteiger partial charge >= 0.3 is 29.9 Å². The molecule has 13 heteroatoms. The number of halogens is 11. The van der Waals surface area contributed by atoms with Crippen LogP contribution in [0.5, 0.6) is 5.75 Å². The third-order valence-corrected chi connectivity index (χ3v) is 3.89. The van der Waals surface area contributed by atoms with Crippen LogP contribution in [0.4, 0.5) is 48.3 Å². The van der Waals surface area contributed by atoms with Crippen molar-refractivity contribution >= 4 is 0 Å². The fourth-order valence-corrected chi connectivity index (χ4v) is 2.25. The van der Waals surface area contributed by atoms with Gasteiger partial charge in [-0.3, -0.25) is 0 Å². The number of hydrogen-bond acceptors (Lipinski definition) is 2. The summed E-state index contributed by atoms with van der Waals surface area (Å²) in [7, 11) is 0.734. The van der Waals surface area contributed by atoms with Gasteiger partial charge in [0.15, 0.2) is 0 Å². The van der Waals surface area contributed by atoms with Gasteiger partial charge in [0.2, 0.25) is 0 Å². The van der Waals surface area contributed by atoms with E-state index in [9.17, 15) is 48.3 Å². The highest BCUT2D eigenvalue weighted by molar-refractivity contribution is 5.29. The second kappa shape index (κ2) is 8.15. The Morgan fingerprint density at radius 2 is 1.24 bits per heavy atom. The lowest BCUT2D eigenvalue weighted by Gasteiger charge is -2.38. The van der Waals surface area contributed by atoms with Crippen molar-refractivity contribution < 1.29 is 57.8 Å². The van der Waals surface area contributed by atoms with Gasteiger partial charge in [0.1, 0.15) is 5.75 Å². The van der Waals surface area contributed by atoms with E-state index >= 15 is 0 Å². The minimum absolute atomic E-state index is 0.222. The van der Waals surface area contributed by atoms with E-state index in [1.807, 2.05) is 0 Å². The highest BCUT2D eigenvalue weighted by atomic mass is 19.4. The van der Waals surface area contributed by atoms with Crippen molar-refractivity contribution in [3.8, 4) is 5.75 Å². The molecular formula is C16H15F11O2. The molecule has 0 heterocycles. The van der Waals surface area contributed by atoms with E-state index in [0.717, 1.165) is 19.2 Å². The standard InChI is InChI=1S/C16H15F11O2/c1-3-29-10-6-4-9(5-7-10)11(28-2)8-12(17,18)13(19,20)14(21,22)15(23,24)16(25,26)27/h4-7,11H,3,8H2,1-2H3. The molecule has 0 N–H and O–H groups in total. The predicted molar refractivity (Wildman–Crippen MR) is 77.8 cm³/mol. The smallest absolute Gasteiger partial charge is 0.460 e. The van der Waals surface area contributed by atoms with Crippen LogP contribution in [0, 0.1) is 0 Å². The molecule has 29 heavy (non-hydrogen) atoms. The molecule has 0 aromatic heterocycles. The second-order valence-electron chi connectivity index (χ2n) is 5.86. The van der Waals surface area contributed by atoms with Crippen LogP contribution in [0.3, 0.4) is 0 Å². The van der Waals surface area contributed by atoms with Crippen LogP contribution < -0.4 is 4.74 Å². The first kappa shape index (κ1) is 25.2. The van der Waals surface area contributed by atoms with Crippen LogP contribution in [-0.2, 0) is 4.74 Å². The van der Waals surface area contributed by atoms with E-state index in [1.165, 1.54) is 12.1 Å². The first-order chi connectivity index (χ1) is 13.0. The van der Waals surface area contributed by atoms with Gasteiger partial charge in [-0.15, -0.1) is 0 Å². The Balaban J connectivity index is 3.23. The largest absolute Gasteiger partial charge is 0.494 e. The van der Waals surface area contributed by atoms with Gasteiger partial charge in [0, 0.05) is 13.5 Å². The zero-order valence-electron chi connectivity index (χ0n) is 14.8. The van der Waals surface area contributed by atoms with Crippen molar-refractivity contribution in [3.05, 3.63) is 29.8 Å². The van der Waals surface area contributed by atoms with Crippen molar-refractivity contribution in [2.24, 2.45) is 0 Å². The first-order valence-corrected chi connectivity index (χ1v) is 7.79. The summed E-state index contributed by atoms with van der Waals surface area (Å²) in [5.41, 5.74) is -0.252. The SMILES string of the molecule is CCOc1ccc(C(CC(F)(F)C(F)(F)C(F)(F)C(F)(F)C(F)(F)F)OC)cc1. The molecule has 0 fully saturated rings. The molecule has 0 amide bonds. The van der Waals surface area contributed by atoms with E-state index in [-0.39, 0.29) is 17.9 Å².